The summed E-state index contributed by atoms with van der Waals surface area (Å²) in [6.45, 7) is 0. The van der Waals surface area contributed by atoms with Gasteiger partial charge in [-0.25, -0.2) is 4.98 Å². The molecular formula is C14H4ClF9N4O4. The Morgan fingerprint density at radius 3 is 1.81 bits per heavy atom. The molecule has 0 spiro atoms. The van der Waals surface area contributed by atoms with Crippen molar-refractivity contribution in [1.82, 2.24) is 4.98 Å². The Bertz CT molecular complexity index is 1070. The van der Waals surface area contributed by atoms with Gasteiger partial charge in [0.25, 0.3) is 0 Å². The molecule has 174 valence electrons. The van der Waals surface area contributed by atoms with Gasteiger partial charge in [-0.2, -0.15) is 39.5 Å². The van der Waals surface area contributed by atoms with E-state index in [1.807, 2.05) is 0 Å². The lowest BCUT2D eigenvalue weighted by Gasteiger charge is -2.16. The number of nitro groups is 2. The second-order valence-corrected chi connectivity index (χ2v) is 6.12. The number of rotatable bonds is 4. The van der Waals surface area contributed by atoms with Crippen LogP contribution in [-0.4, -0.2) is 14.8 Å². The number of alkyl halides is 9. The third kappa shape index (κ3) is 5.09. The highest BCUT2D eigenvalue weighted by molar-refractivity contribution is 6.34. The Labute approximate surface area is 173 Å². The summed E-state index contributed by atoms with van der Waals surface area (Å²) in [5.41, 5.74) is -11.2. The highest BCUT2D eigenvalue weighted by atomic mass is 35.5. The number of nitrogens with one attached hydrogen (secondary N) is 1. The minimum Gasteiger partial charge on any atom is -0.329 e. The predicted octanol–water partition coefficient (Wildman–Crippen LogP) is 6.35. The fraction of sp³-hybridized carbons (Fsp3) is 0.214. The number of aromatic nitrogens is 1. The lowest BCUT2D eigenvalue weighted by Crippen LogP contribution is -2.15. The van der Waals surface area contributed by atoms with Crippen LogP contribution in [0.25, 0.3) is 0 Å². The van der Waals surface area contributed by atoms with E-state index in [1.165, 1.54) is 5.32 Å². The van der Waals surface area contributed by atoms with Gasteiger partial charge in [-0.05, 0) is 12.1 Å². The first-order chi connectivity index (χ1) is 14.3. The van der Waals surface area contributed by atoms with Crippen LogP contribution in [0, 0.1) is 20.2 Å². The van der Waals surface area contributed by atoms with Gasteiger partial charge in [0.15, 0.2) is 5.69 Å². The molecule has 2 rings (SSSR count). The molecule has 0 saturated heterocycles. The van der Waals surface area contributed by atoms with Gasteiger partial charge < -0.3 is 5.32 Å². The number of anilines is 2. The van der Waals surface area contributed by atoms with Gasteiger partial charge in [0.2, 0.25) is 0 Å². The maximum atomic E-state index is 13.0. The highest BCUT2D eigenvalue weighted by Gasteiger charge is 2.43. The van der Waals surface area contributed by atoms with Crippen LogP contribution in [0.5, 0.6) is 0 Å². The van der Waals surface area contributed by atoms with Crippen molar-refractivity contribution in [3.63, 3.8) is 0 Å². The van der Waals surface area contributed by atoms with E-state index >= 15 is 0 Å². The van der Waals surface area contributed by atoms with E-state index in [1.54, 1.807) is 0 Å². The average Bonchev–Trinajstić information content (AvgIpc) is 2.58. The van der Waals surface area contributed by atoms with Crippen molar-refractivity contribution in [3.05, 3.63) is 60.3 Å². The minimum atomic E-state index is -5.45. The number of hydrogen-bond donors (Lipinski definition) is 1. The molecule has 1 heterocycles. The molecule has 0 bridgehead atoms. The second kappa shape index (κ2) is 7.95. The summed E-state index contributed by atoms with van der Waals surface area (Å²) in [4.78, 5) is 22.0. The van der Waals surface area contributed by atoms with Crippen LogP contribution >= 0.6 is 11.6 Å². The molecule has 32 heavy (non-hydrogen) atoms. The van der Waals surface area contributed by atoms with Crippen LogP contribution in [0.4, 0.5) is 62.4 Å². The van der Waals surface area contributed by atoms with Crippen molar-refractivity contribution in [3.8, 4) is 0 Å². The lowest BCUT2D eigenvalue weighted by molar-refractivity contribution is -0.392. The Kier molecular flexibility index (Phi) is 6.19. The smallest absolute Gasteiger partial charge is 0.329 e. The Hall–Kier alpha value is -3.37. The molecule has 0 saturated carbocycles. The fourth-order valence-corrected chi connectivity index (χ4v) is 2.63. The third-order valence-electron chi connectivity index (χ3n) is 3.60. The van der Waals surface area contributed by atoms with Crippen LogP contribution in [0.1, 0.15) is 16.8 Å². The van der Waals surface area contributed by atoms with E-state index in [4.69, 9.17) is 11.6 Å². The molecule has 1 aromatic carbocycles. The topological polar surface area (TPSA) is 111 Å². The molecule has 18 heteroatoms. The molecular weight excluding hydrogens is 495 g/mol. The molecule has 0 aliphatic carbocycles. The first-order valence-corrected chi connectivity index (χ1v) is 7.87. The predicted molar refractivity (Wildman–Crippen MR) is 87.3 cm³/mol. The molecule has 1 N–H and O–H groups in total. The van der Waals surface area contributed by atoms with Crippen molar-refractivity contribution in [2.75, 3.05) is 5.32 Å². The molecule has 0 aliphatic rings. The van der Waals surface area contributed by atoms with E-state index in [2.05, 4.69) is 4.98 Å². The minimum absolute atomic E-state index is 0.0890. The van der Waals surface area contributed by atoms with Gasteiger partial charge in [-0.15, -0.1) is 0 Å². The van der Waals surface area contributed by atoms with Crippen LogP contribution in [0.15, 0.2) is 18.2 Å². The van der Waals surface area contributed by atoms with Crippen molar-refractivity contribution in [2.45, 2.75) is 18.5 Å². The quantitative estimate of drug-likeness (QED) is 0.299. The zero-order valence-corrected chi connectivity index (χ0v) is 15.2. The summed E-state index contributed by atoms with van der Waals surface area (Å²) in [6.07, 6.45) is -16.3. The van der Waals surface area contributed by atoms with Crippen LogP contribution in [-0.2, 0) is 18.5 Å². The average molecular weight is 499 g/mol. The Morgan fingerprint density at radius 1 is 0.844 bits per heavy atom. The lowest BCUT2D eigenvalue weighted by atomic mass is 10.1. The summed E-state index contributed by atoms with van der Waals surface area (Å²) in [7, 11) is 0. The van der Waals surface area contributed by atoms with E-state index in [-0.39, 0.29) is 12.1 Å². The highest BCUT2D eigenvalue weighted by Crippen LogP contribution is 2.48. The summed E-state index contributed by atoms with van der Waals surface area (Å²) in [5, 5.41) is 22.2. The van der Waals surface area contributed by atoms with Gasteiger partial charge in [-0.1, -0.05) is 11.6 Å². The molecule has 8 nitrogen and oxygen atoms in total. The number of nitro benzene ring substituents is 2. The Morgan fingerprint density at radius 2 is 1.41 bits per heavy atom. The molecule has 0 amide bonds. The van der Waals surface area contributed by atoms with Crippen LogP contribution in [0.2, 0.25) is 5.02 Å². The van der Waals surface area contributed by atoms with Gasteiger partial charge >= 0.3 is 29.9 Å². The zero-order valence-electron chi connectivity index (χ0n) is 14.5. The maximum absolute atomic E-state index is 13.0. The van der Waals surface area contributed by atoms with Gasteiger partial charge in [0, 0.05) is 6.07 Å². The fourth-order valence-electron chi connectivity index (χ4n) is 2.31. The third-order valence-corrected chi connectivity index (χ3v) is 3.98. The molecule has 0 radical (unpaired) electrons. The molecule has 1 aromatic heterocycles. The van der Waals surface area contributed by atoms with Crippen molar-refractivity contribution < 1.29 is 49.4 Å². The SMILES string of the molecule is O=[N+]([O-])c1cc(C(F)(F)F)c(Cl)c([N+](=O)[O-])c1Nc1cc(C(F)(F)F)cc(C(F)(F)F)n1. The molecule has 0 unspecified atom stereocenters. The monoisotopic (exact) mass is 498 g/mol. The summed E-state index contributed by atoms with van der Waals surface area (Å²) in [6, 6.07) is -0.766. The van der Waals surface area contributed by atoms with Crippen molar-refractivity contribution >= 4 is 34.5 Å². The normalized spacial score (nSPS) is 12.6. The van der Waals surface area contributed by atoms with Crippen LogP contribution in [0.3, 0.4) is 0 Å². The molecule has 2 aromatic rings. The Balaban J connectivity index is 2.86. The van der Waals surface area contributed by atoms with Gasteiger partial charge in [-0.3, -0.25) is 20.2 Å². The van der Waals surface area contributed by atoms with E-state index in [9.17, 15) is 59.7 Å². The number of pyridine rings is 1. The molecule has 0 aliphatic heterocycles. The number of benzene rings is 1. The standard InChI is InChI=1S/C14H4ClF9N4O4/c15-9-5(13(19,20)21)3-6(27(29)30)10(11(9)28(31)32)26-8-2-4(12(16,17)18)1-7(25-8)14(22,23)24/h1-3H,(H,25,26). The van der Waals surface area contributed by atoms with Crippen molar-refractivity contribution in [2.24, 2.45) is 0 Å². The van der Waals surface area contributed by atoms with Gasteiger partial charge in [0.1, 0.15) is 16.5 Å². The second-order valence-electron chi connectivity index (χ2n) is 5.74. The number of halogens is 10. The van der Waals surface area contributed by atoms with Crippen molar-refractivity contribution in [1.29, 1.82) is 0 Å². The first kappa shape index (κ1) is 24.9. The van der Waals surface area contributed by atoms with Gasteiger partial charge in [0.05, 0.1) is 21.0 Å². The number of hydrogen-bond acceptors (Lipinski definition) is 6. The first-order valence-electron chi connectivity index (χ1n) is 7.50. The van der Waals surface area contributed by atoms with E-state index < -0.39 is 79.2 Å². The largest absolute Gasteiger partial charge is 0.433 e. The molecule has 0 atom stereocenters. The van der Waals surface area contributed by atoms with E-state index in [0.717, 1.165) is 0 Å². The summed E-state index contributed by atoms with van der Waals surface area (Å²) < 4.78 is 117. The number of nitrogens with zero attached hydrogens (tertiary/aromatic N) is 3. The maximum Gasteiger partial charge on any atom is 0.433 e. The summed E-state index contributed by atoms with van der Waals surface area (Å²) >= 11 is 5.34. The summed E-state index contributed by atoms with van der Waals surface area (Å²) in [5.74, 6) is -1.44. The van der Waals surface area contributed by atoms with Crippen LogP contribution < -0.4 is 5.32 Å². The zero-order chi connectivity index (χ0) is 24.8. The molecule has 0 fully saturated rings. The van der Waals surface area contributed by atoms with E-state index in [0.29, 0.717) is 0 Å².